The van der Waals surface area contributed by atoms with Gasteiger partial charge in [0.1, 0.15) is 11.5 Å². The summed E-state index contributed by atoms with van der Waals surface area (Å²) in [6, 6.07) is 18.5. The maximum atomic E-state index is 6.21. The van der Waals surface area contributed by atoms with Crippen molar-refractivity contribution >= 4 is 5.82 Å². The summed E-state index contributed by atoms with van der Waals surface area (Å²) >= 11 is 0. The summed E-state index contributed by atoms with van der Waals surface area (Å²) in [6.45, 7) is 2.08. The van der Waals surface area contributed by atoms with Crippen LogP contribution in [0.2, 0.25) is 0 Å². The molecule has 0 spiro atoms. The lowest BCUT2D eigenvalue weighted by Crippen LogP contribution is -1.97. The second kappa shape index (κ2) is 4.85. The van der Waals surface area contributed by atoms with Gasteiger partial charge in [-0.1, -0.05) is 60.2 Å². The topological polar surface area (TPSA) is 43.8 Å². The zero-order valence-electron chi connectivity index (χ0n) is 11.7. The van der Waals surface area contributed by atoms with Crippen LogP contribution >= 0.6 is 0 Å². The zero-order chi connectivity index (χ0) is 14.1. The third-order valence-electron chi connectivity index (χ3n) is 3.48. The number of nitrogens with two attached hydrogens (primary N) is 1. The summed E-state index contributed by atoms with van der Waals surface area (Å²) in [5.41, 5.74) is 11.5. The zero-order valence-corrected chi connectivity index (χ0v) is 11.7. The predicted octanol–water partition coefficient (Wildman–Crippen LogP) is 3.64. The molecule has 0 atom stereocenters. The van der Waals surface area contributed by atoms with Crippen molar-refractivity contribution in [3.05, 3.63) is 60.2 Å². The molecule has 3 rings (SSSR count). The minimum atomic E-state index is 0.688. The SMILES string of the molecule is Cc1ccc(-c2c(-c3ccccc3)nn(C)c2N)cc1. The Labute approximate surface area is 118 Å². The van der Waals surface area contributed by atoms with Crippen LogP contribution in [0.4, 0.5) is 5.82 Å². The molecule has 2 N–H and O–H groups in total. The largest absolute Gasteiger partial charge is 0.383 e. The van der Waals surface area contributed by atoms with Gasteiger partial charge in [-0.25, -0.2) is 0 Å². The Bertz CT molecular complexity index is 725. The second-order valence-electron chi connectivity index (χ2n) is 4.96. The van der Waals surface area contributed by atoms with Gasteiger partial charge in [-0.2, -0.15) is 5.10 Å². The molecule has 0 amide bonds. The first-order valence-corrected chi connectivity index (χ1v) is 6.62. The van der Waals surface area contributed by atoms with Crippen LogP contribution in [-0.2, 0) is 7.05 Å². The van der Waals surface area contributed by atoms with Crippen molar-refractivity contribution in [2.24, 2.45) is 7.05 Å². The Morgan fingerprint density at radius 2 is 1.55 bits per heavy atom. The van der Waals surface area contributed by atoms with Gasteiger partial charge in [0, 0.05) is 12.6 Å². The number of anilines is 1. The van der Waals surface area contributed by atoms with Crippen LogP contribution in [0.3, 0.4) is 0 Å². The molecule has 0 bridgehead atoms. The van der Waals surface area contributed by atoms with E-state index < -0.39 is 0 Å². The van der Waals surface area contributed by atoms with Crippen molar-refractivity contribution < 1.29 is 0 Å². The summed E-state index contributed by atoms with van der Waals surface area (Å²) < 4.78 is 1.73. The normalized spacial score (nSPS) is 10.7. The van der Waals surface area contributed by atoms with Crippen molar-refractivity contribution in [3.63, 3.8) is 0 Å². The van der Waals surface area contributed by atoms with Gasteiger partial charge >= 0.3 is 0 Å². The Morgan fingerprint density at radius 1 is 0.900 bits per heavy atom. The average Bonchev–Trinajstić information content (AvgIpc) is 2.77. The highest BCUT2D eigenvalue weighted by Crippen LogP contribution is 2.35. The summed E-state index contributed by atoms with van der Waals surface area (Å²) in [4.78, 5) is 0. The molecule has 0 saturated carbocycles. The lowest BCUT2D eigenvalue weighted by Gasteiger charge is -2.05. The van der Waals surface area contributed by atoms with E-state index in [1.54, 1.807) is 4.68 Å². The predicted molar refractivity (Wildman–Crippen MR) is 83.2 cm³/mol. The lowest BCUT2D eigenvalue weighted by atomic mass is 10.00. The van der Waals surface area contributed by atoms with Crippen LogP contribution in [0.5, 0.6) is 0 Å². The molecule has 0 fully saturated rings. The average molecular weight is 263 g/mol. The first-order valence-electron chi connectivity index (χ1n) is 6.62. The third kappa shape index (κ3) is 2.07. The van der Waals surface area contributed by atoms with Crippen molar-refractivity contribution in [3.8, 4) is 22.4 Å². The standard InChI is InChI=1S/C17H17N3/c1-12-8-10-13(11-9-12)15-16(19-20(2)17(15)18)14-6-4-3-5-7-14/h3-11H,18H2,1-2H3. The van der Waals surface area contributed by atoms with E-state index in [1.807, 2.05) is 25.2 Å². The van der Waals surface area contributed by atoms with Crippen LogP contribution in [0.25, 0.3) is 22.4 Å². The Morgan fingerprint density at radius 3 is 2.20 bits per heavy atom. The summed E-state index contributed by atoms with van der Waals surface area (Å²) in [5, 5.41) is 4.57. The first-order chi connectivity index (χ1) is 9.66. The molecule has 2 aromatic carbocycles. The number of aryl methyl sites for hydroxylation is 2. The number of hydrogen-bond donors (Lipinski definition) is 1. The van der Waals surface area contributed by atoms with Crippen LogP contribution in [-0.4, -0.2) is 9.78 Å². The van der Waals surface area contributed by atoms with E-state index in [1.165, 1.54) is 5.56 Å². The fraction of sp³-hybridized carbons (Fsp3) is 0.118. The molecule has 3 nitrogen and oxygen atoms in total. The fourth-order valence-electron chi connectivity index (χ4n) is 2.34. The third-order valence-corrected chi connectivity index (χ3v) is 3.48. The van der Waals surface area contributed by atoms with E-state index in [0.29, 0.717) is 5.82 Å². The van der Waals surface area contributed by atoms with Gasteiger partial charge in [0.25, 0.3) is 0 Å². The quantitative estimate of drug-likeness (QED) is 0.767. The highest BCUT2D eigenvalue weighted by Gasteiger charge is 2.16. The Hall–Kier alpha value is -2.55. The Kier molecular flexibility index (Phi) is 3.03. The molecule has 3 aromatic rings. The summed E-state index contributed by atoms with van der Waals surface area (Å²) in [5.74, 6) is 0.688. The van der Waals surface area contributed by atoms with E-state index in [4.69, 9.17) is 5.73 Å². The summed E-state index contributed by atoms with van der Waals surface area (Å²) in [6.07, 6.45) is 0. The second-order valence-corrected chi connectivity index (χ2v) is 4.96. The Balaban J connectivity index is 2.22. The van der Waals surface area contributed by atoms with Gasteiger partial charge in [0.05, 0.1) is 5.56 Å². The molecule has 3 heteroatoms. The highest BCUT2D eigenvalue weighted by molar-refractivity contribution is 5.88. The monoisotopic (exact) mass is 263 g/mol. The molecule has 100 valence electrons. The van der Waals surface area contributed by atoms with Gasteiger partial charge in [0.2, 0.25) is 0 Å². The van der Waals surface area contributed by atoms with Gasteiger partial charge in [-0.15, -0.1) is 0 Å². The molecular formula is C17H17N3. The number of nitrogens with zero attached hydrogens (tertiary/aromatic N) is 2. The molecule has 0 aliphatic heterocycles. The van der Waals surface area contributed by atoms with Gasteiger partial charge in [-0.05, 0) is 12.5 Å². The van der Waals surface area contributed by atoms with Gasteiger partial charge in [-0.3, -0.25) is 4.68 Å². The molecule has 0 radical (unpaired) electrons. The van der Waals surface area contributed by atoms with Gasteiger partial charge in [0.15, 0.2) is 0 Å². The van der Waals surface area contributed by atoms with Gasteiger partial charge < -0.3 is 5.73 Å². The number of rotatable bonds is 2. The maximum Gasteiger partial charge on any atom is 0.129 e. The molecular weight excluding hydrogens is 246 g/mol. The van der Waals surface area contributed by atoms with Crippen LogP contribution in [0.1, 0.15) is 5.56 Å². The molecule has 1 heterocycles. The molecule has 0 unspecified atom stereocenters. The van der Waals surface area contributed by atoms with E-state index in [0.717, 1.165) is 22.4 Å². The minimum Gasteiger partial charge on any atom is -0.383 e. The van der Waals surface area contributed by atoms with Crippen molar-refractivity contribution in [2.45, 2.75) is 6.92 Å². The smallest absolute Gasteiger partial charge is 0.129 e. The fourth-order valence-corrected chi connectivity index (χ4v) is 2.34. The van der Waals surface area contributed by atoms with E-state index >= 15 is 0 Å². The maximum absolute atomic E-state index is 6.21. The van der Waals surface area contributed by atoms with Crippen LogP contribution in [0.15, 0.2) is 54.6 Å². The molecule has 0 saturated heterocycles. The molecule has 1 aromatic heterocycles. The first kappa shape index (κ1) is 12.5. The van der Waals surface area contributed by atoms with Crippen LogP contribution < -0.4 is 5.73 Å². The molecule has 0 aliphatic rings. The van der Waals surface area contributed by atoms with E-state index in [9.17, 15) is 0 Å². The van der Waals surface area contributed by atoms with Crippen molar-refractivity contribution in [2.75, 3.05) is 5.73 Å². The van der Waals surface area contributed by atoms with E-state index in [2.05, 4.69) is 48.4 Å². The lowest BCUT2D eigenvalue weighted by molar-refractivity contribution is 0.782. The number of aromatic nitrogens is 2. The van der Waals surface area contributed by atoms with Crippen molar-refractivity contribution in [1.82, 2.24) is 9.78 Å². The number of hydrogen-bond acceptors (Lipinski definition) is 2. The number of benzene rings is 2. The molecule has 20 heavy (non-hydrogen) atoms. The summed E-state index contributed by atoms with van der Waals surface area (Å²) in [7, 11) is 1.87. The number of nitrogen functional groups attached to an aromatic ring is 1. The molecule has 0 aliphatic carbocycles. The minimum absolute atomic E-state index is 0.688. The van der Waals surface area contributed by atoms with E-state index in [-0.39, 0.29) is 0 Å². The van der Waals surface area contributed by atoms with Crippen molar-refractivity contribution in [1.29, 1.82) is 0 Å². The highest BCUT2D eigenvalue weighted by atomic mass is 15.3. The van der Waals surface area contributed by atoms with Crippen LogP contribution in [0, 0.1) is 6.92 Å².